The minimum Gasteiger partial charge on any atom is -0.491 e. The number of halogens is 1. The van der Waals surface area contributed by atoms with Gasteiger partial charge >= 0.3 is 0 Å². The first-order valence-electron chi connectivity index (χ1n) is 4.07. The van der Waals surface area contributed by atoms with Gasteiger partial charge in [0.25, 0.3) is 0 Å². The Morgan fingerprint density at radius 3 is 3.23 bits per heavy atom. The first-order chi connectivity index (χ1) is 6.31. The van der Waals surface area contributed by atoms with Gasteiger partial charge in [0.15, 0.2) is 5.75 Å². The summed E-state index contributed by atoms with van der Waals surface area (Å²) < 4.78 is 8.15. The Morgan fingerprint density at radius 1 is 1.62 bits per heavy atom. The quantitative estimate of drug-likeness (QED) is 0.807. The molecule has 2 rings (SSSR count). The highest BCUT2D eigenvalue weighted by molar-refractivity contribution is 9.10. The minimum atomic E-state index is 0.658. The Bertz CT molecular complexity index is 424. The van der Waals surface area contributed by atoms with Crippen molar-refractivity contribution in [2.24, 2.45) is 0 Å². The highest BCUT2D eigenvalue weighted by atomic mass is 79.9. The van der Waals surface area contributed by atoms with E-state index in [9.17, 15) is 0 Å². The maximum Gasteiger partial charge on any atom is 0.151 e. The molecule has 0 amide bonds. The zero-order valence-corrected chi connectivity index (χ0v) is 8.78. The van der Waals surface area contributed by atoms with Crippen molar-refractivity contribution in [3.05, 3.63) is 29.0 Å². The lowest BCUT2D eigenvalue weighted by Gasteiger charge is -2.05. The predicted octanol–water partition coefficient (Wildman–Crippen LogP) is 2.50. The maximum atomic E-state index is 5.41. The van der Waals surface area contributed by atoms with Crippen LogP contribution in [0.2, 0.25) is 0 Å². The normalized spacial score (nSPS) is 10.6. The van der Waals surface area contributed by atoms with E-state index in [1.165, 1.54) is 0 Å². The van der Waals surface area contributed by atoms with E-state index in [1.54, 1.807) is 10.7 Å². The number of rotatable bonds is 2. The number of pyridine rings is 1. The fourth-order valence-corrected chi connectivity index (χ4v) is 1.63. The number of hydrogen-bond donors (Lipinski definition) is 0. The summed E-state index contributed by atoms with van der Waals surface area (Å²) in [5, 5.41) is 4.12. The van der Waals surface area contributed by atoms with Crippen LogP contribution < -0.4 is 4.74 Å². The molecule has 0 saturated carbocycles. The molecular formula is C9H9BrN2O. The summed E-state index contributed by atoms with van der Waals surface area (Å²) in [6, 6.07) is 3.93. The molecule has 0 aliphatic carbocycles. The van der Waals surface area contributed by atoms with Crippen LogP contribution >= 0.6 is 15.9 Å². The number of fused-ring (bicyclic) bond motifs is 1. The fraction of sp³-hybridized carbons (Fsp3) is 0.222. The molecule has 2 aromatic rings. The van der Waals surface area contributed by atoms with Gasteiger partial charge < -0.3 is 4.74 Å². The molecule has 3 nitrogen and oxygen atoms in total. The molecule has 0 aliphatic rings. The molecule has 0 saturated heterocycles. The van der Waals surface area contributed by atoms with Crippen LogP contribution in [0.15, 0.2) is 29.0 Å². The third-order valence-corrected chi connectivity index (χ3v) is 2.37. The average Bonchev–Trinajstić information content (AvgIpc) is 2.52. The molecule has 0 bridgehead atoms. The number of nitrogens with zero attached hydrogens (tertiary/aromatic N) is 2. The molecule has 0 N–H and O–H groups in total. The molecule has 0 fully saturated rings. The van der Waals surface area contributed by atoms with E-state index in [0.717, 1.165) is 15.7 Å². The van der Waals surface area contributed by atoms with Crippen LogP contribution in [0, 0.1) is 0 Å². The van der Waals surface area contributed by atoms with Crippen molar-refractivity contribution >= 4 is 21.4 Å². The summed E-state index contributed by atoms with van der Waals surface area (Å²) in [6.07, 6.45) is 3.63. The second kappa shape index (κ2) is 3.38. The largest absolute Gasteiger partial charge is 0.491 e. The molecule has 0 unspecified atom stereocenters. The molecule has 0 aromatic carbocycles. The lowest BCUT2D eigenvalue weighted by Crippen LogP contribution is -1.95. The highest BCUT2D eigenvalue weighted by Gasteiger charge is 2.02. The van der Waals surface area contributed by atoms with Gasteiger partial charge in [0, 0.05) is 6.20 Å². The second-order valence-corrected chi connectivity index (χ2v) is 3.47. The van der Waals surface area contributed by atoms with E-state index in [-0.39, 0.29) is 0 Å². The van der Waals surface area contributed by atoms with Gasteiger partial charge in [0.1, 0.15) is 0 Å². The topological polar surface area (TPSA) is 26.5 Å². The van der Waals surface area contributed by atoms with E-state index in [2.05, 4.69) is 21.0 Å². The lowest BCUT2D eigenvalue weighted by molar-refractivity contribution is 0.336. The van der Waals surface area contributed by atoms with Gasteiger partial charge in [-0.1, -0.05) is 0 Å². The van der Waals surface area contributed by atoms with Gasteiger partial charge in [-0.05, 0) is 35.0 Å². The lowest BCUT2D eigenvalue weighted by atomic mass is 10.4. The van der Waals surface area contributed by atoms with Crippen LogP contribution in [0.4, 0.5) is 0 Å². The standard InChI is InChI=1S/C9H9BrN2O/c1-2-13-9-6-12-7(3-4-11-12)5-8(9)10/h3-6H,2H2,1H3. The fourth-order valence-electron chi connectivity index (χ4n) is 1.18. The summed E-state index contributed by atoms with van der Waals surface area (Å²) in [5.74, 6) is 0.818. The van der Waals surface area contributed by atoms with Gasteiger partial charge in [-0.3, -0.25) is 0 Å². The Labute approximate surface area is 84.4 Å². The maximum absolute atomic E-state index is 5.41. The van der Waals surface area contributed by atoms with E-state index in [1.807, 2.05) is 25.3 Å². The zero-order chi connectivity index (χ0) is 9.26. The van der Waals surface area contributed by atoms with Gasteiger partial charge in [0.2, 0.25) is 0 Å². The number of hydrogen-bond acceptors (Lipinski definition) is 2. The summed E-state index contributed by atoms with van der Waals surface area (Å²) in [6.45, 7) is 2.62. The molecule has 0 aliphatic heterocycles. The van der Waals surface area contributed by atoms with Gasteiger partial charge in [-0.15, -0.1) is 0 Å². The monoisotopic (exact) mass is 240 g/mol. The molecule has 0 spiro atoms. The highest BCUT2D eigenvalue weighted by Crippen LogP contribution is 2.25. The summed E-state index contributed by atoms with van der Waals surface area (Å²) in [5.41, 5.74) is 1.05. The summed E-state index contributed by atoms with van der Waals surface area (Å²) in [4.78, 5) is 0. The van der Waals surface area contributed by atoms with Crippen LogP contribution in [-0.4, -0.2) is 16.2 Å². The van der Waals surface area contributed by atoms with E-state index >= 15 is 0 Å². The van der Waals surface area contributed by atoms with Crippen molar-refractivity contribution in [1.82, 2.24) is 9.61 Å². The number of ether oxygens (including phenoxy) is 1. The third-order valence-electron chi connectivity index (χ3n) is 1.75. The molecule has 0 radical (unpaired) electrons. The van der Waals surface area contributed by atoms with Crippen LogP contribution in [0.25, 0.3) is 5.52 Å². The molecular weight excluding hydrogens is 232 g/mol. The average molecular weight is 241 g/mol. The second-order valence-electron chi connectivity index (χ2n) is 2.62. The Kier molecular flexibility index (Phi) is 2.22. The molecule has 13 heavy (non-hydrogen) atoms. The third kappa shape index (κ3) is 1.54. The molecule has 2 aromatic heterocycles. The minimum absolute atomic E-state index is 0.658. The van der Waals surface area contributed by atoms with E-state index < -0.39 is 0 Å². The smallest absolute Gasteiger partial charge is 0.151 e. The van der Waals surface area contributed by atoms with Crippen molar-refractivity contribution in [3.63, 3.8) is 0 Å². The van der Waals surface area contributed by atoms with Gasteiger partial charge in [0.05, 0.1) is 22.8 Å². The summed E-state index contributed by atoms with van der Waals surface area (Å²) in [7, 11) is 0. The van der Waals surface area contributed by atoms with Crippen LogP contribution in [0.1, 0.15) is 6.92 Å². The molecule has 2 heterocycles. The first kappa shape index (κ1) is 8.56. The van der Waals surface area contributed by atoms with Crippen LogP contribution in [-0.2, 0) is 0 Å². The molecule has 4 heteroatoms. The van der Waals surface area contributed by atoms with E-state index in [4.69, 9.17) is 4.74 Å². The Balaban J connectivity index is 2.56. The van der Waals surface area contributed by atoms with Crippen LogP contribution in [0.3, 0.4) is 0 Å². The van der Waals surface area contributed by atoms with Gasteiger partial charge in [-0.2, -0.15) is 5.10 Å². The predicted molar refractivity (Wildman–Crippen MR) is 54.1 cm³/mol. The Hall–Kier alpha value is -1.03. The van der Waals surface area contributed by atoms with Crippen molar-refractivity contribution in [2.45, 2.75) is 6.92 Å². The Morgan fingerprint density at radius 2 is 2.46 bits per heavy atom. The van der Waals surface area contributed by atoms with E-state index in [0.29, 0.717) is 6.61 Å². The van der Waals surface area contributed by atoms with Crippen molar-refractivity contribution < 1.29 is 4.74 Å². The SMILES string of the molecule is CCOc1cn2nccc2cc1Br. The van der Waals surface area contributed by atoms with Gasteiger partial charge in [-0.25, -0.2) is 4.52 Å². The molecule has 0 atom stereocenters. The number of aromatic nitrogens is 2. The van der Waals surface area contributed by atoms with Crippen molar-refractivity contribution in [1.29, 1.82) is 0 Å². The molecule has 68 valence electrons. The van der Waals surface area contributed by atoms with Crippen LogP contribution in [0.5, 0.6) is 5.75 Å². The zero-order valence-electron chi connectivity index (χ0n) is 7.20. The first-order valence-corrected chi connectivity index (χ1v) is 4.86. The van der Waals surface area contributed by atoms with Crippen molar-refractivity contribution in [2.75, 3.05) is 6.61 Å². The van der Waals surface area contributed by atoms with Crippen molar-refractivity contribution in [3.8, 4) is 5.75 Å². The summed E-state index contributed by atoms with van der Waals surface area (Å²) >= 11 is 3.44.